The SMILES string of the molecule is CC1CCc2sc(C(=O)NNC(=O)c3ccn(C)c(=O)c3)cc2C1. The van der Waals surface area contributed by atoms with Crippen molar-refractivity contribution in [2.24, 2.45) is 13.0 Å². The van der Waals surface area contributed by atoms with E-state index in [4.69, 9.17) is 0 Å². The Morgan fingerprint density at radius 2 is 2.00 bits per heavy atom. The van der Waals surface area contributed by atoms with Crippen molar-refractivity contribution >= 4 is 23.2 Å². The molecule has 2 aromatic heterocycles. The highest BCUT2D eigenvalue weighted by Gasteiger charge is 2.21. The van der Waals surface area contributed by atoms with Crippen molar-refractivity contribution in [2.75, 3.05) is 0 Å². The number of hydrogen-bond donors (Lipinski definition) is 2. The number of rotatable bonds is 2. The number of aromatic nitrogens is 1. The van der Waals surface area contributed by atoms with Crippen molar-refractivity contribution in [1.29, 1.82) is 0 Å². The van der Waals surface area contributed by atoms with E-state index in [1.54, 1.807) is 7.05 Å². The van der Waals surface area contributed by atoms with Gasteiger partial charge in [-0.15, -0.1) is 11.3 Å². The Balaban J connectivity index is 1.64. The van der Waals surface area contributed by atoms with E-state index in [9.17, 15) is 14.4 Å². The zero-order valence-electron chi connectivity index (χ0n) is 13.6. The minimum atomic E-state index is -0.518. The van der Waals surface area contributed by atoms with Crippen LogP contribution in [0.25, 0.3) is 0 Å². The Hall–Kier alpha value is -2.41. The molecule has 0 spiro atoms. The van der Waals surface area contributed by atoms with Gasteiger partial charge in [-0.1, -0.05) is 6.92 Å². The molecular formula is C17H19N3O3S. The van der Waals surface area contributed by atoms with Crippen molar-refractivity contribution < 1.29 is 9.59 Å². The molecule has 0 radical (unpaired) electrons. The lowest BCUT2D eigenvalue weighted by atomic mass is 9.90. The molecule has 126 valence electrons. The zero-order valence-corrected chi connectivity index (χ0v) is 14.4. The number of carbonyl (C=O) groups excluding carboxylic acids is 2. The number of hydrogen-bond acceptors (Lipinski definition) is 4. The summed E-state index contributed by atoms with van der Waals surface area (Å²) in [7, 11) is 1.60. The molecule has 1 aliphatic rings. The average molecular weight is 345 g/mol. The molecule has 0 aliphatic heterocycles. The molecular weight excluding hydrogens is 326 g/mol. The number of fused-ring (bicyclic) bond motifs is 1. The molecule has 3 rings (SSSR count). The summed E-state index contributed by atoms with van der Waals surface area (Å²) < 4.78 is 1.37. The molecule has 6 nitrogen and oxygen atoms in total. The molecule has 0 saturated carbocycles. The summed E-state index contributed by atoms with van der Waals surface area (Å²) in [6.07, 6.45) is 4.66. The van der Waals surface area contributed by atoms with Crippen molar-refractivity contribution in [3.8, 4) is 0 Å². The Morgan fingerprint density at radius 1 is 1.25 bits per heavy atom. The monoisotopic (exact) mass is 345 g/mol. The summed E-state index contributed by atoms with van der Waals surface area (Å²) in [5, 5.41) is 0. The van der Waals surface area contributed by atoms with Gasteiger partial charge >= 0.3 is 0 Å². The van der Waals surface area contributed by atoms with Crippen LogP contribution in [0.5, 0.6) is 0 Å². The summed E-state index contributed by atoms with van der Waals surface area (Å²) in [4.78, 5) is 37.6. The van der Waals surface area contributed by atoms with Crippen LogP contribution in [0.3, 0.4) is 0 Å². The van der Waals surface area contributed by atoms with E-state index in [0.29, 0.717) is 10.8 Å². The third-order valence-electron chi connectivity index (χ3n) is 4.21. The van der Waals surface area contributed by atoms with Gasteiger partial charge < -0.3 is 4.57 Å². The standard InChI is InChI=1S/C17H19N3O3S/c1-10-3-4-13-12(7-10)8-14(24-13)17(23)19-18-16(22)11-5-6-20(2)15(21)9-11/h5-6,8-10H,3-4,7H2,1-2H3,(H,18,22)(H,19,23). The van der Waals surface area contributed by atoms with E-state index >= 15 is 0 Å². The number of carbonyl (C=O) groups is 2. The van der Waals surface area contributed by atoms with Gasteiger partial charge in [-0.25, -0.2) is 0 Å². The molecule has 24 heavy (non-hydrogen) atoms. The van der Waals surface area contributed by atoms with Gasteiger partial charge in [0.1, 0.15) is 0 Å². The zero-order chi connectivity index (χ0) is 17.3. The van der Waals surface area contributed by atoms with Gasteiger partial charge in [-0.3, -0.25) is 25.2 Å². The van der Waals surface area contributed by atoms with E-state index in [2.05, 4.69) is 17.8 Å². The number of aryl methyl sites for hydroxylation is 2. The van der Waals surface area contributed by atoms with Crippen LogP contribution in [0.15, 0.2) is 29.2 Å². The van der Waals surface area contributed by atoms with E-state index < -0.39 is 5.91 Å². The maximum atomic E-state index is 12.2. The van der Waals surface area contributed by atoms with Crippen LogP contribution < -0.4 is 16.4 Å². The largest absolute Gasteiger partial charge is 0.319 e. The van der Waals surface area contributed by atoms with Crippen LogP contribution in [0.1, 0.15) is 43.8 Å². The summed E-state index contributed by atoms with van der Waals surface area (Å²) in [5.41, 5.74) is 5.93. The van der Waals surface area contributed by atoms with Crippen LogP contribution in [0.2, 0.25) is 0 Å². The molecule has 0 aromatic carbocycles. The van der Waals surface area contributed by atoms with Crippen LogP contribution in [0, 0.1) is 5.92 Å². The van der Waals surface area contributed by atoms with Crippen molar-refractivity contribution in [3.63, 3.8) is 0 Å². The topological polar surface area (TPSA) is 80.2 Å². The summed E-state index contributed by atoms with van der Waals surface area (Å²) >= 11 is 1.48. The lowest BCUT2D eigenvalue weighted by Gasteiger charge is -2.16. The van der Waals surface area contributed by atoms with Crippen LogP contribution in [-0.4, -0.2) is 16.4 Å². The predicted octanol–water partition coefficient (Wildman–Crippen LogP) is 1.65. The smallest absolute Gasteiger partial charge is 0.279 e. The summed E-state index contributed by atoms with van der Waals surface area (Å²) in [5.74, 6) is -0.210. The van der Waals surface area contributed by atoms with Crippen LogP contribution >= 0.6 is 11.3 Å². The Kier molecular flexibility index (Phi) is 4.53. The normalized spacial score (nSPS) is 16.3. The first kappa shape index (κ1) is 16.4. The quantitative estimate of drug-likeness (QED) is 0.812. The molecule has 2 amide bonds. The predicted molar refractivity (Wildman–Crippen MR) is 92.1 cm³/mol. The molecule has 2 heterocycles. The van der Waals surface area contributed by atoms with Gasteiger partial charge in [0.15, 0.2) is 0 Å². The number of nitrogens with zero attached hydrogens (tertiary/aromatic N) is 1. The fourth-order valence-corrected chi connectivity index (χ4v) is 3.86. The van der Waals surface area contributed by atoms with E-state index in [-0.39, 0.29) is 17.0 Å². The van der Waals surface area contributed by atoms with Gasteiger partial charge in [0, 0.05) is 29.8 Å². The second-order valence-corrected chi connectivity index (χ2v) is 7.32. The number of hydrazine groups is 1. The number of nitrogens with one attached hydrogen (secondary N) is 2. The molecule has 1 aliphatic carbocycles. The molecule has 1 atom stereocenters. The highest BCUT2D eigenvalue weighted by atomic mass is 32.1. The summed E-state index contributed by atoms with van der Waals surface area (Å²) in [6, 6.07) is 4.66. The molecule has 0 saturated heterocycles. The lowest BCUT2D eigenvalue weighted by Crippen LogP contribution is -2.41. The second-order valence-electron chi connectivity index (χ2n) is 6.18. The van der Waals surface area contributed by atoms with Gasteiger partial charge in [-0.05, 0) is 42.9 Å². The minimum absolute atomic E-state index is 0.206. The first-order valence-corrected chi connectivity index (χ1v) is 8.64. The third-order valence-corrected chi connectivity index (χ3v) is 5.44. The van der Waals surface area contributed by atoms with Crippen molar-refractivity contribution in [3.05, 3.63) is 55.6 Å². The second kappa shape index (κ2) is 6.60. The van der Waals surface area contributed by atoms with Crippen molar-refractivity contribution in [2.45, 2.75) is 26.2 Å². The minimum Gasteiger partial charge on any atom is -0.319 e. The van der Waals surface area contributed by atoms with E-state index in [0.717, 1.165) is 19.3 Å². The average Bonchev–Trinajstić information content (AvgIpc) is 2.98. The van der Waals surface area contributed by atoms with Crippen LogP contribution in [0.4, 0.5) is 0 Å². The maximum absolute atomic E-state index is 12.2. The first-order valence-electron chi connectivity index (χ1n) is 7.83. The van der Waals surface area contributed by atoms with E-state index in [1.165, 1.54) is 44.7 Å². The van der Waals surface area contributed by atoms with Gasteiger partial charge in [0.2, 0.25) is 0 Å². The fraction of sp³-hybridized carbons (Fsp3) is 0.353. The Morgan fingerprint density at radius 3 is 2.75 bits per heavy atom. The highest BCUT2D eigenvalue weighted by Crippen LogP contribution is 2.32. The van der Waals surface area contributed by atoms with Crippen molar-refractivity contribution in [1.82, 2.24) is 15.4 Å². The number of thiophene rings is 1. The fourth-order valence-electron chi connectivity index (χ4n) is 2.75. The molecule has 1 unspecified atom stereocenters. The summed E-state index contributed by atoms with van der Waals surface area (Å²) in [6.45, 7) is 2.21. The van der Waals surface area contributed by atoms with Crippen LogP contribution in [-0.2, 0) is 19.9 Å². The third kappa shape index (κ3) is 3.41. The Labute approximate surface area is 143 Å². The Bertz CT molecular complexity index is 853. The first-order chi connectivity index (χ1) is 11.4. The van der Waals surface area contributed by atoms with Gasteiger partial charge in [0.05, 0.1) is 4.88 Å². The van der Waals surface area contributed by atoms with Gasteiger partial charge in [0.25, 0.3) is 17.4 Å². The molecule has 0 fully saturated rings. The molecule has 7 heteroatoms. The highest BCUT2D eigenvalue weighted by molar-refractivity contribution is 7.14. The maximum Gasteiger partial charge on any atom is 0.279 e. The number of pyridine rings is 1. The van der Waals surface area contributed by atoms with Gasteiger partial charge in [-0.2, -0.15) is 0 Å². The molecule has 0 bridgehead atoms. The molecule has 2 N–H and O–H groups in total. The van der Waals surface area contributed by atoms with E-state index in [1.807, 2.05) is 6.07 Å². The lowest BCUT2D eigenvalue weighted by molar-refractivity contribution is 0.0848. The molecule has 2 aromatic rings. The number of amides is 2.